The summed E-state index contributed by atoms with van der Waals surface area (Å²) in [5.41, 5.74) is 0. The van der Waals surface area contributed by atoms with Gasteiger partial charge in [0.1, 0.15) is 19.6 Å². The van der Waals surface area contributed by atoms with Crippen molar-refractivity contribution in [2.75, 3.05) is 19.6 Å². The monoisotopic (exact) mass is 129 g/mol. The lowest BCUT2D eigenvalue weighted by molar-refractivity contribution is -1.13. The lowest BCUT2D eigenvalue weighted by Crippen LogP contribution is -2.46. The number of nitrogens with zero attached hydrogens (tertiary/aromatic N) is 1. The van der Waals surface area contributed by atoms with Gasteiger partial charge in [-0.25, -0.2) is 0 Å². The highest BCUT2D eigenvalue weighted by Crippen LogP contribution is 2.15. The largest absolute Gasteiger partial charge is 0.142 e. The highest BCUT2D eigenvalue weighted by atomic mass is 16.5. The van der Waals surface area contributed by atoms with Gasteiger partial charge < -0.3 is 0 Å². The molecule has 1 aliphatic rings. The second kappa shape index (κ2) is 2.67. The van der Waals surface area contributed by atoms with Crippen molar-refractivity contribution in [3.05, 3.63) is 0 Å². The lowest BCUT2D eigenvalue weighted by atomic mass is 10.1. The maximum Gasteiger partial charge on any atom is 0.112 e. The van der Waals surface area contributed by atoms with E-state index in [4.69, 9.17) is 0 Å². The molecule has 2 nitrogen and oxygen atoms in total. The van der Waals surface area contributed by atoms with Crippen LogP contribution in [-0.2, 0) is 5.21 Å². The van der Waals surface area contributed by atoms with Gasteiger partial charge in [0, 0.05) is 5.21 Å². The molecule has 0 aliphatic carbocycles. The van der Waals surface area contributed by atoms with Crippen LogP contribution in [0.1, 0.15) is 26.2 Å². The average Bonchev–Trinajstić information content (AvgIpc) is 1.90. The molecule has 53 valence electrons. The highest BCUT2D eigenvalue weighted by molar-refractivity contribution is 4.47. The molecule has 0 unspecified atom stereocenters. The van der Waals surface area contributed by atoms with Gasteiger partial charge >= 0.3 is 0 Å². The van der Waals surface area contributed by atoms with E-state index in [9.17, 15) is 5.21 Å². The third-order valence-electron chi connectivity index (χ3n) is 2.21. The van der Waals surface area contributed by atoms with Crippen molar-refractivity contribution in [1.82, 2.24) is 0 Å². The topological polar surface area (TPSA) is 19.9 Å². The van der Waals surface area contributed by atoms with E-state index in [1.54, 1.807) is 0 Å². The number of hydrogen-bond donors (Lipinski definition) is 0. The van der Waals surface area contributed by atoms with Crippen molar-refractivity contribution in [3.63, 3.8) is 0 Å². The van der Waals surface area contributed by atoms with E-state index in [2.05, 4.69) is 0 Å². The SMILES string of the molecule is CC[N+]1([O])CCCCC1. The fraction of sp³-hybridized carbons (Fsp3) is 1.00. The van der Waals surface area contributed by atoms with Gasteiger partial charge in [0.2, 0.25) is 0 Å². The van der Waals surface area contributed by atoms with Crippen molar-refractivity contribution in [2.24, 2.45) is 0 Å². The molecule has 2 heteroatoms. The predicted octanol–water partition coefficient (Wildman–Crippen LogP) is 1.35. The van der Waals surface area contributed by atoms with Crippen LogP contribution >= 0.6 is 0 Å². The summed E-state index contributed by atoms with van der Waals surface area (Å²) >= 11 is 0. The van der Waals surface area contributed by atoms with E-state index in [1.165, 1.54) is 6.42 Å². The van der Waals surface area contributed by atoms with Crippen LogP contribution in [0.2, 0.25) is 0 Å². The molecule has 1 fully saturated rings. The van der Waals surface area contributed by atoms with E-state index < -0.39 is 0 Å². The smallest absolute Gasteiger partial charge is 0.112 e. The fourth-order valence-electron chi connectivity index (χ4n) is 1.40. The zero-order valence-electron chi connectivity index (χ0n) is 6.10. The maximum atomic E-state index is 11.4. The third kappa shape index (κ3) is 1.66. The Hall–Kier alpha value is -0.0800. The van der Waals surface area contributed by atoms with Gasteiger partial charge in [-0.3, -0.25) is 0 Å². The van der Waals surface area contributed by atoms with Gasteiger partial charge in [-0.05, 0) is 26.2 Å². The van der Waals surface area contributed by atoms with Crippen LogP contribution in [-0.4, -0.2) is 24.3 Å². The number of rotatable bonds is 1. The zero-order chi connectivity index (χ0) is 6.74. The second-order valence-corrected chi connectivity index (χ2v) is 2.88. The van der Waals surface area contributed by atoms with Crippen LogP contribution in [0, 0.1) is 0 Å². The summed E-state index contributed by atoms with van der Waals surface area (Å²) in [6, 6.07) is 0. The average molecular weight is 129 g/mol. The molecule has 1 rings (SSSR count). The number of likely N-dealkylation sites (tertiary alicyclic amines) is 1. The fourth-order valence-corrected chi connectivity index (χ4v) is 1.40. The molecular weight excluding hydrogens is 114 g/mol. The molecule has 0 N–H and O–H groups in total. The third-order valence-corrected chi connectivity index (χ3v) is 2.21. The van der Waals surface area contributed by atoms with Crippen LogP contribution in [0.15, 0.2) is 0 Å². The Bertz CT molecular complexity index is 86.9. The summed E-state index contributed by atoms with van der Waals surface area (Å²) in [5.74, 6) is 0. The summed E-state index contributed by atoms with van der Waals surface area (Å²) in [7, 11) is 0. The molecule has 0 bridgehead atoms. The normalized spacial score (nSPS) is 26.0. The molecule has 0 amide bonds. The van der Waals surface area contributed by atoms with E-state index in [0.29, 0.717) is 0 Å². The first-order valence-electron chi connectivity index (χ1n) is 3.84. The molecule has 1 saturated heterocycles. The van der Waals surface area contributed by atoms with Crippen molar-refractivity contribution in [1.29, 1.82) is 0 Å². The lowest BCUT2D eigenvalue weighted by Gasteiger charge is -2.28. The summed E-state index contributed by atoms with van der Waals surface area (Å²) in [4.78, 5) is 0. The Labute approximate surface area is 56.6 Å². The molecule has 0 spiro atoms. The second-order valence-electron chi connectivity index (χ2n) is 2.88. The van der Waals surface area contributed by atoms with E-state index in [-0.39, 0.29) is 4.65 Å². The number of hydrogen-bond acceptors (Lipinski definition) is 0. The van der Waals surface area contributed by atoms with Gasteiger partial charge in [0.05, 0.1) is 0 Å². The minimum absolute atomic E-state index is 0.0694. The van der Waals surface area contributed by atoms with Crippen LogP contribution in [0.5, 0.6) is 0 Å². The first-order valence-corrected chi connectivity index (χ1v) is 3.84. The molecule has 9 heavy (non-hydrogen) atoms. The van der Waals surface area contributed by atoms with Gasteiger partial charge in [0.25, 0.3) is 0 Å². The minimum Gasteiger partial charge on any atom is -0.142 e. The minimum atomic E-state index is 0.0694. The van der Waals surface area contributed by atoms with Crippen molar-refractivity contribution >= 4 is 0 Å². The van der Waals surface area contributed by atoms with Gasteiger partial charge in [-0.1, -0.05) is 0 Å². The molecule has 0 aromatic rings. The highest BCUT2D eigenvalue weighted by Gasteiger charge is 2.27. The predicted molar refractivity (Wildman–Crippen MR) is 35.1 cm³/mol. The van der Waals surface area contributed by atoms with Crippen molar-refractivity contribution in [3.8, 4) is 0 Å². The van der Waals surface area contributed by atoms with E-state index >= 15 is 0 Å². The Morgan fingerprint density at radius 1 is 1.22 bits per heavy atom. The molecule has 0 aromatic heterocycles. The van der Waals surface area contributed by atoms with E-state index in [1.807, 2.05) is 6.92 Å². The van der Waals surface area contributed by atoms with Crippen LogP contribution in [0.25, 0.3) is 0 Å². The Kier molecular flexibility index (Phi) is 2.09. The summed E-state index contributed by atoms with van der Waals surface area (Å²) in [6.45, 7) is 4.46. The Morgan fingerprint density at radius 2 is 1.78 bits per heavy atom. The van der Waals surface area contributed by atoms with Crippen molar-refractivity contribution in [2.45, 2.75) is 26.2 Å². The Morgan fingerprint density at radius 3 is 2.11 bits per heavy atom. The van der Waals surface area contributed by atoms with Crippen LogP contribution in [0.3, 0.4) is 0 Å². The molecular formula is C7H15NO+. The molecule has 0 aromatic carbocycles. The molecule has 1 aliphatic heterocycles. The first-order chi connectivity index (χ1) is 4.27. The van der Waals surface area contributed by atoms with Crippen LogP contribution < -0.4 is 0 Å². The van der Waals surface area contributed by atoms with Gasteiger partial charge in [-0.2, -0.15) is 0 Å². The summed E-state index contributed by atoms with van der Waals surface area (Å²) < 4.78 is 0.0694. The molecule has 0 atom stereocenters. The Balaban J connectivity index is 2.37. The standard InChI is InChI=1S/C7H15NO/c1-2-8(9)6-4-3-5-7-8/h2-7H2,1H3/q+1. The number of quaternary nitrogens is 1. The first kappa shape index (κ1) is 7.03. The molecule has 0 saturated carbocycles. The van der Waals surface area contributed by atoms with Gasteiger partial charge in [0.15, 0.2) is 0 Å². The van der Waals surface area contributed by atoms with Gasteiger partial charge in [-0.15, -0.1) is 4.65 Å². The summed E-state index contributed by atoms with van der Waals surface area (Å²) in [6.07, 6.45) is 3.54. The number of piperidine rings is 1. The van der Waals surface area contributed by atoms with E-state index in [0.717, 1.165) is 32.5 Å². The van der Waals surface area contributed by atoms with Crippen LogP contribution in [0.4, 0.5) is 0 Å². The molecule has 1 heterocycles. The quantitative estimate of drug-likeness (QED) is 0.476. The zero-order valence-corrected chi connectivity index (χ0v) is 6.10. The number of hydroxylamine groups is 3. The summed E-state index contributed by atoms with van der Waals surface area (Å²) in [5, 5.41) is 11.4. The molecule has 1 radical (unpaired) electrons. The van der Waals surface area contributed by atoms with Crippen molar-refractivity contribution < 1.29 is 9.85 Å². The maximum absolute atomic E-state index is 11.4.